The Kier molecular flexibility index (Phi) is 11.8. The van der Waals surface area contributed by atoms with Crippen molar-refractivity contribution >= 4 is 23.7 Å². The lowest BCUT2D eigenvalue weighted by Gasteiger charge is -2.09. The van der Waals surface area contributed by atoms with Crippen LogP contribution in [-0.4, -0.2) is 43.5 Å². The van der Waals surface area contributed by atoms with Crippen LogP contribution >= 0.6 is 0 Å². The highest BCUT2D eigenvalue weighted by molar-refractivity contribution is 6.14. The fourth-order valence-corrected chi connectivity index (χ4v) is 3.11. The Morgan fingerprint density at radius 3 is 1.94 bits per heavy atom. The number of ether oxygens (including phenoxy) is 3. The van der Waals surface area contributed by atoms with E-state index in [1.165, 1.54) is 0 Å². The maximum Gasteiger partial charge on any atom is 0.338 e. The molecule has 0 unspecified atom stereocenters. The van der Waals surface area contributed by atoms with Gasteiger partial charge in [0.15, 0.2) is 5.78 Å². The Morgan fingerprint density at radius 2 is 1.26 bits per heavy atom. The maximum atomic E-state index is 12.7. The average Bonchev–Trinajstić information content (AvgIpc) is 2.87. The second-order valence-electron chi connectivity index (χ2n) is 7.49. The number of rotatable bonds is 15. The molecule has 0 aliphatic carbocycles. The molecule has 0 saturated heterocycles. The molecule has 2 aromatic carbocycles. The normalized spacial score (nSPS) is 10.2. The SMILES string of the molecule is C=CC(=O)OCCCC(=O)OCCCCCCOC(=O)c1ccccc1C(=O)c1ccccc1. The Balaban J connectivity index is 1.60. The van der Waals surface area contributed by atoms with Crippen molar-refractivity contribution in [2.45, 2.75) is 38.5 Å². The van der Waals surface area contributed by atoms with Gasteiger partial charge in [-0.1, -0.05) is 55.1 Å². The fraction of sp³-hybridized carbons (Fsp3) is 0.333. The molecular formula is C27H30O7. The molecule has 0 bridgehead atoms. The average molecular weight is 467 g/mol. The molecule has 0 aliphatic rings. The second-order valence-corrected chi connectivity index (χ2v) is 7.49. The molecule has 0 fully saturated rings. The van der Waals surface area contributed by atoms with Gasteiger partial charge < -0.3 is 14.2 Å². The first kappa shape index (κ1) is 26.5. The van der Waals surface area contributed by atoms with Crippen molar-refractivity contribution in [3.05, 3.63) is 83.9 Å². The third kappa shape index (κ3) is 9.40. The predicted octanol–water partition coefficient (Wildman–Crippen LogP) is 4.69. The van der Waals surface area contributed by atoms with E-state index in [4.69, 9.17) is 14.2 Å². The summed E-state index contributed by atoms with van der Waals surface area (Å²) in [4.78, 5) is 47.7. The lowest BCUT2D eigenvalue weighted by Crippen LogP contribution is -2.13. The zero-order valence-corrected chi connectivity index (χ0v) is 19.2. The minimum absolute atomic E-state index is 0.156. The van der Waals surface area contributed by atoms with Gasteiger partial charge in [0, 0.05) is 23.6 Å². The molecule has 0 heterocycles. The van der Waals surface area contributed by atoms with Gasteiger partial charge in [-0.15, -0.1) is 0 Å². The highest BCUT2D eigenvalue weighted by Crippen LogP contribution is 2.16. The molecule has 7 nitrogen and oxygen atoms in total. The summed E-state index contributed by atoms with van der Waals surface area (Å²) in [6.07, 6.45) is 4.68. The minimum Gasteiger partial charge on any atom is -0.466 e. The standard InChI is InChI=1S/C27H30O7/c1-2-24(28)32-20-12-17-25(29)33-18-10-3-4-11-19-34-27(31)23-16-9-8-15-22(23)26(30)21-13-6-5-7-14-21/h2,5-9,13-16H,1,3-4,10-12,17-20H2. The van der Waals surface area contributed by atoms with E-state index in [0.717, 1.165) is 18.9 Å². The van der Waals surface area contributed by atoms with E-state index in [9.17, 15) is 19.2 Å². The van der Waals surface area contributed by atoms with Gasteiger partial charge in [0.1, 0.15) is 0 Å². The van der Waals surface area contributed by atoms with E-state index < -0.39 is 11.9 Å². The largest absolute Gasteiger partial charge is 0.466 e. The predicted molar refractivity (Wildman–Crippen MR) is 126 cm³/mol. The third-order valence-corrected chi connectivity index (χ3v) is 4.90. The van der Waals surface area contributed by atoms with Gasteiger partial charge in [0.2, 0.25) is 0 Å². The first-order valence-corrected chi connectivity index (χ1v) is 11.3. The monoisotopic (exact) mass is 466 g/mol. The van der Waals surface area contributed by atoms with Crippen molar-refractivity contribution in [3.63, 3.8) is 0 Å². The fourth-order valence-electron chi connectivity index (χ4n) is 3.11. The van der Waals surface area contributed by atoms with Crippen LogP contribution in [-0.2, 0) is 23.8 Å². The summed E-state index contributed by atoms with van der Waals surface area (Å²) in [5.74, 6) is -1.58. The number of benzene rings is 2. The second kappa shape index (κ2) is 15.2. The Hall–Kier alpha value is -3.74. The maximum absolute atomic E-state index is 12.7. The highest BCUT2D eigenvalue weighted by Gasteiger charge is 2.18. The number of ketones is 1. The summed E-state index contributed by atoms with van der Waals surface area (Å²) in [6.45, 7) is 4.01. The molecule has 2 aromatic rings. The number of esters is 3. The lowest BCUT2D eigenvalue weighted by atomic mass is 9.98. The molecule has 0 aliphatic heterocycles. The van der Waals surface area contributed by atoms with Crippen molar-refractivity contribution in [1.82, 2.24) is 0 Å². The van der Waals surface area contributed by atoms with Crippen molar-refractivity contribution in [1.29, 1.82) is 0 Å². The van der Waals surface area contributed by atoms with Gasteiger partial charge in [0.25, 0.3) is 0 Å². The van der Waals surface area contributed by atoms with E-state index in [-0.39, 0.29) is 37.0 Å². The van der Waals surface area contributed by atoms with Crippen LogP contribution in [0.15, 0.2) is 67.3 Å². The molecule has 0 aromatic heterocycles. The lowest BCUT2D eigenvalue weighted by molar-refractivity contribution is -0.145. The molecule has 0 saturated carbocycles. The van der Waals surface area contributed by atoms with Gasteiger partial charge in [-0.25, -0.2) is 9.59 Å². The molecule has 2 rings (SSSR count). The van der Waals surface area contributed by atoms with Crippen molar-refractivity contribution in [3.8, 4) is 0 Å². The molecule has 34 heavy (non-hydrogen) atoms. The molecule has 0 atom stereocenters. The first-order valence-electron chi connectivity index (χ1n) is 11.3. The molecule has 0 N–H and O–H groups in total. The summed E-state index contributed by atoms with van der Waals surface area (Å²) < 4.78 is 15.3. The van der Waals surface area contributed by atoms with E-state index in [0.29, 0.717) is 37.0 Å². The molecule has 0 spiro atoms. The number of hydrogen-bond donors (Lipinski definition) is 0. The quantitative estimate of drug-likeness (QED) is 0.124. The van der Waals surface area contributed by atoms with Crippen LogP contribution in [0.4, 0.5) is 0 Å². The van der Waals surface area contributed by atoms with Gasteiger partial charge in [0.05, 0.1) is 25.4 Å². The summed E-state index contributed by atoms with van der Waals surface area (Å²) in [7, 11) is 0. The molecule has 0 amide bonds. The van der Waals surface area contributed by atoms with Crippen LogP contribution in [0.5, 0.6) is 0 Å². The zero-order chi connectivity index (χ0) is 24.6. The van der Waals surface area contributed by atoms with Crippen LogP contribution in [0.3, 0.4) is 0 Å². The van der Waals surface area contributed by atoms with E-state index in [1.807, 2.05) is 6.07 Å². The summed E-state index contributed by atoms with van der Waals surface area (Å²) in [6, 6.07) is 15.4. The summed E-state index contributed by atoms with van der Waals surface area (Å²) in [5, 5.41) is 0. The van der Waals surface area contributed by atoms with Crippen molar-refractivity contribution in [2.75, 3.05) is 19.8 Å². The molecule has 180 valence electrons. The zero-order valence-electron chi connectivity index (χ0n) is 19.2. The topological polar surface area (TPSA) is 96.0 Å². The van der Waals surface area contributed by atoms with Gasteiger partial charge in [-0.2, -0.15) is 0 Å². The van der Waals surface area contributed by atoms with Crippen molar-refractivity contribution < 1.29 is 33.4 Å². The van der Waals surface area contributed by atoms with Crippen LogP contribution < -0.4 is 0 Å². The van der Waals surface area contributed by atoms with Crippen LogP contribution in [0.1, 0.15) is 64.8 Å². The smallest absolute Gasteiger partial charge is 0.338 e. The van der Waals surface area contributed by atoms with Crippen LogP contribution in [0.25, 0.3) is 0 Å². The highest BCUT2D eigenvalue weighted by atomic mass is 16.5. The number of unbranched alkanes of at least 4 members (excludes halogenated alkanes) is 3. The van der Waals surface area contributed by atoms with Crippen LogP contribution in [0.2, 0.25) is 0 Å². The number of carbonyl (C=O) groups is 4. The van der Waals surface area contributed by atoms with Gasteiger partial charge in [-0.05, 0) is 38.2 Å². The Labute approximate surface area is 199 Å². The summed E-state index contributed by atoms with van der Waals surface area (Å²) >= 11 is 0. The van der Waals surface area contributed by atoms with E-state index in [2.05, 4.69) is 6.58 Å². The van der Waals surface area contributed by atoms with E-state index in [1.54, 1.807) is 48.5 Å². The summed E-state index contributed by atoms with van der Waals surface area (Å²) in [5.41, 5.74) is 1.08. The molecule has 7 heteroatoms. The third-order valence-electron chi connectivity index (χ3n) is 4.90. The molecule has 0 radical (unpaired) electrons. The number of carbonyl (C=O) groups excluding carboxylic acids is 4. The Bertz CT molecular complexity index is 966. The van der Waals surface area contributed by atoms with Crippen LogP contribution in [0, 0.1) is 0 Å². The Morgan fingerprint density at radius 1 is 0.676 bits per heavy atom. The number of hydrogen-bond acceptors (Lipinski definition) is 7. The minimum atomic E-state index is -0.521. The van der Waals surface area contributed by atoms with Gasteiger partial charge >= 0.3 is 17.9 Å². The van der Waals surface area contributed by atoms with E-state index >= 15 is 0 Å². The molecular weight excluding hydrogens is 436 g/mol. The van der Waals surface area contributed by atoms with Gasteiger partial charge in [-0.3, -0.25) is 9.59 Å². The first-order chi connectivity index (χ1) is 16.5. The van der Waals surface area contributed by atoms with Crippen molar-refractivity contribution in [2.24, 2.45) is 0 Å².